The summed E-state index contributed by atoms with van der Waals surface area (Å²) in [7, 11) is 0. The molecule has 0 amide bonds. The van der Waals surface area contributed by atoms with E-state index in [1.165, 1.54) is 0 Å². The quantitative estimate of drug-likeness (QED) is 0.777. The Morgan fingerprint density at radius 2 is 2.23 bits per heavy atom. The third kappa shape index (κ3) is 2.84. The summed E-state index contributed by atoms with van der Waals surface area (Å²) >= 11 is 0. The van der Waals surface area contributed by atoms with E-state index in [9.17, 15) is 0 Å². The summed E-state index contributed by atoms with van der Waals surface area (Å²) in [6.07, 6.45) is 2.87. The molecule has 13 heavy (non-hydrogen) atoms. The van der Waals surface area contributed by atoms with E-state index >= 15 is 0 Å². The standard InChI is InChI=1S/C10H18N2O/c1-5-7(2)12-9(4)10-11-6-8(3)13-10/h6-7,9,12H,5H2,1-4H3. The zero-order chi connectivity index (χ0) is 9.84. The first-order valence-electron chi connectivity index (χ1n) is 4.81. The molecule has 0 fully saturated rings. The Labute approximate surface area is 79.5 Å². The highest BCUT2D eigenvalue weighted by atomic mass is 16.4. The van der Waals surface area contributed by atoms with Gasteiger partial charge in [-0.3, -0.25) is 0 Å². The van der Waals surface area contributed by atoms with Crippen molar-refractivity contribution in [2.75, 3.05) is 0 Å². The van der Waals surface area contributed by atoms with Crippen LogP contribution < -0.4 is 5.32 Å². The lowest BCUT2D eigenvalue weighted by atomic mass is 10.2. The summed E-state index contributed by atoms with van der Waals surface area (Å²) in [5.41, 5.74) is 0. The summed E-state index contributed by atoms with van der Waals surface area (Å²) in [5.74, 6) is 1.64. The molecule has 0 radical (unpaired) electrons. The van der Waals surface area contributed by atoms with Gasteiger partial charge in [0.05, 0.1) is 12.2 Å². The predicted molar refractivity (Wildman–Crippen MR) is 52.5 cm³/mol. The molecule has 2 unspecified atom stereocenters. The molecule has 74 valence electrons. The molecular formula is C10H18N2O. The van der Waals surface area contributed by atoms with Crippen LogP contribution in [0.1, 0.15) is 44.9 Å². The second kappa shape index (κ2) is 4.42. The maximum Gasteiger partial charge on any atom is 0.211 e. The average Bonchev–Trinajstić information content (AvgIpc) is 2.51. The Balaban J connectivity index is 2.53. The van der Waals surface area contributed by atoms with Gasteiger partial charge in [0.25, 0.3) is 0 Å². The molecule has 1 rings (SSSR count). The molecule has 0 saturated heterocycles. The third-order valence-electron chi connectivity index (χ3n) is 2.16. The lowest BCUT2D eigenvalue weighted by Crippen LogP contribution is -2.28. The van der Waals surface area contributed by atoms with Gasteiger partial charge in [0.1, 0.15) is 5.76 Å². The van der Waals surface area contributed by atoms with Crippen molar-refractivity contribution < 1.29 is 4.42 Å². The van der Waals surface area contributed by atoms with Crippen LogP contribution in [-0.4, -0.2) is 11.0 Å². The molecule has 1 aromatic heterocycles. The van der Waals surface area contributed by atoms with Crippen LogP contribution in [0.3, 0.4) is 0 Å². The average molecular weight is 182 g/mol. The fourth-order valence-electron chi connectivity index (χ4n) is 1.19. The van der Waals surface area contributed by atoms with E-state index in [0.29, 0.717) is 6.04 Å². The van der Waals surface area contributed by atoms with Crippen LogP contribution in [0.15, 0.2) is 10.6 Å². The van der Waals surface area contributed by atoms with Gasteiger partial charge in [0, 0.05) is 6.04 Å². The molecule has 2 atom stereocenters. The number of rotatable bonds is 4. The van der Waals surface area contributed by atoms with Crippen LogP contribution >= 0.6 is 0 Å². The van der Waals surface area contributed by atoms with Crippen LogP contribution in [0.25, 0.3) is 0 Å². The minimum absolute atomic E-state index is 0.198. The fraction of sp³-hybridized carbons (Fsp3) is 0.700. The van der Waals surface area contributed by atoms with E-state index in [0.717, 1.165) is 18.1 Å². The molecule has 0 aromatic carbocycles. The van der Waals surface area contributed by atoms with Crippen molar-refractivity contribution in [2.45, 2.75) is 46.2 Å². The maximum absolute atomic E-state index is 5.42. The zero-order valence-corrected chi connectivity index (χ0v) is 8.79. The largest absolute Gasteiger partial charge is 0.444 e. The van der Waals surface area contributed by atoms with E-state index in [-0.39, 0.29) is 6.04 Å². The molecule has 1 N–H and O–H groups in total. The van der Waals surface area contributed by atoms with E-state index < -0.39 is 0 Å². The monoisotopic (exact) mass is 182 g/mol. The number of hydrogen-bond donors (Lipinski definition) is 1. The normalized spacial score (nSPS) is 15.7. The van der Waals surface area contributed by atoms with Gasteiger partial charge < -0.3 is 9.73 Å². The van der Waals surface area contributed by atoms with Crippen molar-refractivity contribution in [3.05, 3.63) is 17.8 Å². The molecule has 0 spiro atoms. The predicted octanol–water partition coefficient (Wildman–Crippen LogP) is 2.43. The minimum atomic E-state index is 0.198. The van der Waals surface area contributed by atoms with Crippen LogP contribution in [0, 0.1) is 6.92 Å². The molecule has 3 heteroatoms. The molecule has 0 saturated carbocycles. The number of hydrogen-bond acceptors (Lipinski definition) is 3. The van der Waals surface area contributed by atoms with Crippen molar-refractivity contribution >= 4 is 0 Å². The van der Waals surface area contributed by atoms with Crippen LogP contribution in [0.5, 0.6) is 0 Å². The Hall–Kier alpha value is -0.830. The van der Waals surface area contributed by atoms with Crippen LogP contribution in [-0.2, 0) is 0 Å². The van der Waals surface area contributed by atoms with Gasteiger partial charge in [-0.2, -0.15) is 0 Å². The summed E-state index contributed by atoms with van der Waals surface area (Å²) in [5, 5.41) is 3.40. The summed E-state index contributed by atoms with van der Waals surface area (Å²) in [6.45, 7) is 8.29. The Bertz CT molecular complexity index is 257. The van der Waals surface area contributed by atoms with Gasteiger partial charge in [0.15, 0.2) is 0 Å². The highest BCUT2D eigenvalue weighted by Gasteiger charge is 2.12. The Kier molecular flexibility index (Phi) is 3.48. The molecule has 0 aliphatic heterocycles. The first-order valence-corrected chi connectivity index (χ1v) is 4.81. The van der Waals surface area contributed by atoms with E-state index in [1.54, 1.807) is 6.20 Å². The van der Waals surface area contributed by atoms with Crippen molar-refractivity contribution in [1.29, 1.82) is 0 Å². The molecule has 0 bridgehead atoms. The van der Waals surface area contributed by atoms with E-state index in [2.05, 4.69) is 31.1 Å². The van der Waals surface area contributed by atoms with Gasteiger partial charge >= 0.3 is 0 Å². The molecule has 1 aromatic rings. The van der Waals surface area contributed by atoms with Gasteiger partial charge in [-0.15, -0.1) is 0 Å². The van der Waals surface area contributed by atoms with Gasteiger partial charge in [-0.25, -0.2) is 4.98 Å². The van der Waals surface area contributed by atoms with E-state index in [4.69, 9.17) is 4.42 Å². The van der Waals surface area contributed by atoms with Gasteiger partial charge in [0.2, 0.25) is 5.89 Å². The SMILES string of the molecule is CCC(C)NC(C)c1ncc(C)o1. The van der Waals surface area contributed by atoms with Crippen molar-refractivity contribution in [3.8, 4) is 0 Å². The minimum Gasteiger partial charge on any atom is -0.444 e. The smallest absolute Gasteiger partial charge is 0.211 e. The third-order valence-corrected chi connectivity index (χ3v) is 2.16. The number of nitrogens with zero attached hydrogens (tertiary/aromatic N) is 1. The van der Waals surface area contributed by atoms with Gasteiger partial charge in [-0.05, 0) is 27.2 Å². The molecule has 3 nitrogen and oxygen atoms in total. The highest BCUT2D eigenvalue weighted by Crippen LogP contribution is 2.12. The molecule has 0 aliphatic carbocycles. The van der Waals surface area contributed by atoms with Crippen molar-refractivity contribution in [3.63, 3.8) is 0 Å². The number of aromatic nitrogens is 1. The first-order chi connectivity index (χ1) is 6.13. The summed E-state index contributed by atoms with van der Waals surface area (Å²) in [6, 6.07) is 0.700. The second-order valence-electron chi connectivity index (χ2n) is 3.51. The first kappa shape index (κ1) is 10.3. The number of aryl methyl sites for hydroxylation is 1. The number of nitrogens with one attached hydrogen (secondary N) is 1. The van der Waals surface area contributed by atoms with Crippen molar-refractivity contribution in [2.24, 2.45) is 0 Å². The highest BCUT2D eigenvalue weighted by molar-refractivity contribution is 4.95. The Morgan fingerprint density at radius 3 is 2.69 bits per heavy atom. The topological polar surface area (TPSA) is 38.1 Å². The van der Waals surface area contributed by atoms with Crippen LogP contribution in [0.2, 0.25) is 0 Å². The second-order valence-corrected chi connectivity index (χ2v) is 3.51. The lowest BCUT2D eigenvalue weighted by Gasteiger charge is -2.15. The van der Waals surface area contributed by atoms with Crippen molar-refractivity contribution in [1.82, 2.24) is 10.3 Å². The Morgan fingerprint density at radius 1 is 1.54 bits per heavy atom. The summed E-state index contributed by atoms with van der Waals surface area (Å²) < 4.78 is 5.42. The fourth-order valence-corrected chi connectivity index (χ4v) is 1.19. The molecular weight excluding hydrogens is 164 g/mol. The molecule has 0 aliphatic rings. The van der Waals surface area contributed by atoms with E-state index in [1.807, 2.05) is 6.92 Å². The summed E-state index contributed by atoms with van der Waals surface area (Å²) in [4.78, 5) is 4.17. The lowest BCUT2D eigenvalue weighted by molar-refractivity contribution is 0.373. The zero-order valence-electron chi connectivity index (χ0n) is 8.79. The number of oxazole rings is 1. The maximum atomic E-state index is 5.42. The van der Waals surface area contributed by atoms with Crippen LogP contribution in [0.4, 0.5) is 0 Å². The van der Waals surface area contributed by atoms with Gasteiger partial charge in [-0.1, -0.05) is 6.92 Å². The molecule has 1 heterocycles.